The summed E-state index contributed by atoms with van der Waals surface area (Å²) in [5.41, 5.74) is 27.0. The molecule has 150 heavy (non-hydrogen) atoms. The Kier molecular flexibility index (Phi) is 22.2. The SMILES string of the molecule is c1ccc(-c2ccc(-c3nc(-c4ccc(-c5cccc6c5sc5ccccc56)cc4)nc(-c4ccc5c(c4)oc4ccccc45)n3)cc2)cc1.c1ccc(-c2cccc(-c3nc(-c4ccc(-c5cccc6c5sc5ccccc56)cc4)nc(-c4ccc5c(c4)oc4ccccc45)n3)c2)cc1.c1ccc(-c2ccccc2-c2nc(-c3ccc(-c4cccc5c4sc4ccccc45)cc3)nc(-c3ccc4c(c3)oc3ccccc34)n2)cc1. The average Bonchev–Trinajstić information content (AvgIpc) is 1.63. The first-order valence-electron chi connectivity index (χ1n) is 49.8. The Morgan fingerprint density at radius 2 is 0.333 bits per heavy atom. The van der Waals surface area contributed by atoms with Crippen molar-refractivity contribution in [3.05, 3.63) is 491 Å². The van der Waals surface area contributed by atoms with Gasteiger partial charge in [-0.25, -0.2) is 44.9 Å². The molecule has 0 bridgehead atoms. The lowest BCUT2D eigenvalue weighted by Gasteiger charge is -2.12. The highest BCUT2D eigenvalue weighted by atomic mass is 32.1. The van der Waals surface area contributed by atoms with E-state index in [2.05, 4.69) is 394 Å². The molecule has 0 spiro atoms. The summed E-state index contributed by atoms with van der Waals surface area (Å²) in [4.78, 5) is 45.6. The van der Waals surface area contributed by atoms with Crippen LogP contribution in [0.3, 0.4) is 0 Å². The molecule has 30 aromatic rings. The smallest absolute Gasteiger partial charge is 0.164 e. The van der Waals surface area contributed by atoms with Gasteiger partial charge in [0.15, 0.2) is 52.4 Å². The number of benzene rings is 21. The van der Waals surface area contributed by atoms with Crippen LogP contribution >= 0.6 is 34.0 Å². The quantitative estimate of drug-likeness (QED) is 0.0959. The Bertz CT molecular complexity index is 10500. The fraction of sp³-hybridized carbons (Fsp3) is 0. The van der Waals surface area contributed by atoms with Crippen LogP contribution in [0.2, 0.25) is 0 Å². The van der Waals surface area contributed by atoms with E-state index in [1.165, 1.54) is 82.8 Å². The number of nitrogens with zero attached hydrogens (tertiary/aromatic N) is 9. The maximum atomic E-state index is 6.26. The zero-order valence-electron chi connectivity index (χ0n) is 80.2. The second kappa shape index (κ2) is 37.7. The van der Waals surface area contributed by atoms with Gasteiger partial charge >= 0.3 is 0 Å². The molecule has 0 aliphatic heterocycles. The van der Waals surface area contributed by atoms with Crippen molar-refractivity contribution in [2.45, 2.75) is 0 Å². The van der Waals surface area contributed by atoms with Gasteiger partial charge in [0, 0.05) is 143 Å². The normalized spacial score (nSPS) is 11.6. The summed E-state index contributed by atoms with van der Waals surface area (Å²) in [5, 5.41) is 14.3. The van der Waals surface area contributed by atoms with Crippen LogP contribution in [-0.4, -0.2) is 44.9 Å². The largest absolute Gasteiger partial charge is 0.456 e. The molecule has 9 heterocycles. The minimum atomic E-state index is 0.592. The van der Waals surface area contributed by atoms with E-state index >= 15 is 0 Å². The van der Waals surface area contributed by atoms with Crippen molar-refractivity contribution in [2.24, 2.45) is 0 Å². The van der Waals surface area contributed by atoms with Crippen LogP contribution in [0.1, 0.15) is 0 Å². The lowest BCUT2D eigenvalue weighted by Crippen LogP contribution is -2.01. The average molecular weight is 1970 g/mol. The highest BCUT2D eigenvalue weighted by molar-refractivity contribution is 7.27. The summed E-state index contributed by atoms with van der Waals surface area (Å²) >= 11 is 5.53. The van der Waals surface area contributed by atoms with Crippen LogP contribution < -0.4 is 0 Å². The molecule has 0 saturated carbocycles. The van der Waals surface area contributed by atoms with E-state index in [1.807, 2.05) is 131 Å². The van der Waals surface area contributed by atoms with Gasteiger partial charge in [-0.15, -0.1) is 34.0 Å². The first kappa shape index (κ1) is 88.4. The van der Waals surface area contributed by atoms with Crippen molar-refractivity contribution in [3.8, 4) is 169 Å². The third-order valence-corrected chi connectivity index (χ3v) is 31.8. The van der Waals surface area contributed by atoms with Crippen molar-refractivity contribution in [2.75, 3.05) is 0 Å². The van der Waals surface area contributed by atoms with E-state index in [9.17, 15) is 0 Å². The highest BCUT2D eigenvalue weighted by Gasteiger charge is 2.25. The Balaban J connectivity index is 0.000000108. The van der Waals surface area contributed by atoms with Gasteiger partial charge in [0.05, 0.1) is 0 Å². The van der Waals surface area contributed by atoms with Crippen LogP contribution in [0.5, 0.6) is 0 Å². The molecular weight excluding hydrogens is 1890 g/mol. The molecule has 12 nitrogen and oxygen atoms in total. The van der Waals surface area contributed by atoms with E-state index in [4.69, 9.17) is 58.1 Å². The summed E-state index contributed by atoms with van der Waals surface area (Å²) in [6, 6.07) is 171. The van der Waals surface area contributed by atoms with Gasteiger partial charge in [-0.05, 0) is 146 Å². The van der Waals surface area contributed by atoms with Crippen LogP contribution in [0.15, 0.2) is 505 Å². The topological polar surface area (TPSA) is 155 Å². The van der Waals surface area contributed by atoms with Crippen molar-refractivity contribution in [1.29, 1.82) is 0 Å². The van der Waals surface area contributed by atoms with Gasteiger partial charge in [0.1, 0.15) is 33.5 Å². The molecule has 0 fully saturated rings. The summed E-state index contributed by atoms with van der Waals surface area (Å²) in [6.07, 6.45) is 0. The second-order valence-electron chi connectivity index (χ2n) is 37.2. The Hall–Kier alpha value is -19.3. The molecule has 9 aromatic heterocycles. The van der Waals surface area contributed by atoms with E-state index in [0.29, 0.717) is 52.4 Å². The molecule has 0 atom stereocenters. The van der Waals surface area contributed by atoms with Crippen molar-refractivity contribution >= 4 is 160 Å². The number of thiophene rings is 3. The Morgan fingerprint density at radius 3 is 0.693 bits per heavy atom. The number of para-hydroxylation sites is 3. The van der Waals surface area contributed by atoms with Crippen molar-refractivity contribution in [1.82, 2.24) is 44.9 Å². The standard InChI is InChI=1S/3C45H27N3OS/c1-2-10-28(11-3-1)31-12-8-13-32(26-31)44-46-43(47-45(48-44)33-24-25-36-35-14-4-6-18-39(35)49-40(36)27-33)30-22-20-29(21-23-30)34-16-9-17-38-37-15-5-7-19-41(37)50-42(34)38;1-2-9-28(10-3-1)29-17-21-31(22-18-29)43-46-44(48-45(47-43)33-25-26-36-35-11-4-6-15-39(35)49-40(36)27-33)32-23-19-30(20-24-32)34-13-8-14-38-37-12-5-7-16-41(37)50-42(34)38;1-2-11-28(12-3-1)32-13-4-5-16-38(32)45-47-43(46-44(48-45)31-25-26-35-34-14-6-8-19-39(34)49-40(35)27-31)30-23-21-29(22-24-30)33-17-10-18-37-36-15-7-9-20-41(36)50-42(33)37/h3*1-27H. The van der Waals surface area contributed by atoms with Gasteiger partial charge in [-0.1, -0.05) is 413 Å². The molecule has 0 saturated heterocycles. The molecular formula is C135H81N9O3S3. The first-order chi connectivity index (χ1) is 74.3. The molecule has 0 amide bonds. The van der Waals surface area contributed by atoms with Gasteiger partial charge in [-0.2, -0.15) is 0 Å². The predicted molar refractivity (Wildman–Crippen MR) is 622 cm³/mol. The number of rotatable bonds is 15. The lowest BCUT2D eigenvalue weighted by atomic mass is 9.99. The molecule has 0 N–H and O–H groups in total. The van der Waals surface area contributed by atoms with E-state index in [1.54, 1.807) is 0 Å². The Morgan fingerprint density at radius 1 is 0.120 bits per heavy atom. The molecule has 0 unspecified atom stereocenters. The van der Waals surface area contributed by atoms with Crippen LogP contribution in [0.4, 0.5) is 0 Å². The number of hydrogen-bond donors (Lipinski definition) is 0. The number of hydrogen-bond acceptors (Lipinski definition) is 15. The van der Waals surface area contributed by atoms with Crippen molar-refractivity contribution in [3.63, 3.8) is 0 Å². The monoisotopic (exact) mass is 1970 g/mol. The maximum Gasteiger partial charge on any atom is 0.164 e. The molecule has 0 radical (unpaired) electrons. The number of fused-ring (bicyclic) bond motifs is 18. The molecule has 0 aliphatic carbocycles. The van der Waals surface area contributed by atoms with Gasteiger partial charge in [0.25, 0.3) is 0 Å². The molecule has 15 heteroatoms. The third kappa shape index (κ3) is 16.5. The first-order valence-corrected chi connectivity index (χ1v) is 52.3. The fourth-order valence-corrected chi connectivity index (χ4v) is 24.4. The Labute approximate surface area is 872 Å². The molecule has 702 valence electrons. The van der Waals surface area contributed by atoms with Gasteiger partial charge in [-0.3, -0.25) is 0 Å². The minimum Gasteiger partial charge on any atom is -0.456 e. The lowest BCUT2D eigenvalue weighted by molar-refractivity contribution is 0.668. The summed E-state index contributed by atoms with van der Waals surface area (Å²) in [7, 11) is 0. The number of aromatic nitrogens is 9. The minimum absolute atomic E-state index is 0.592. The molecule has 30 rings (SSSR count). The fourth-order valence-electron chi connectivity index (χ4n) is 20.7. The summed E-state index contributed by atoms with van der Waals surface area (Å²) < 4.78 is 26.5. The summed E-state index contributed by atoms with van der Waals surface area (Å²) in [6.45, 7) is 0. The summed E-state index contributed by atoms with van der Waals surface area (Å²) in [5.74, 6) is 5.49. The second-order valence-corrected chi connectivity index (χ2v) is 40.4. The predicted octanol–water partition coefficient (Wildman–Crippen LogP) is 37.4. The van der Waals surface area contributed by atoms with Crippen LogP contribution in [0.25, 0.3) is 296 Å². The number of furan rings is 3. The molecule has 21 aromatic carbocycles. The van der Waals surface area contributed by atoms with Gasteiger partial charge in [0.2, 0.25) is 0 Å². The zero-order chi connectivity index (χ0) is 99.1. The zero-order valence-corrected chi connectivity index (χ0v) is 82.7. The van der Waals surface area contributed by atoms with Gasteiger partial charge < -0.3 is 13.3 Å². The third-order valence-electron chi connectivity index (χ3n) is 28.1. The van der Waals surface area contributed by atoms with E-state index < -0.39 is 0 Å². The highest BCUT2D eigenvalue weighted by Crippen LogP contribution is 2.47. The van der Waals surface area contributed by atoms with Crippen LogP contribution in [0, 0.1) is 0 Å². The van der Waals surface area contributed by atoms with E-state index in [-0.39, 0.29) is 0 Å². The van der Waals surface area contributed by atoms with Crippen molar-refractivity contribution < 1.29 is 13.3 Å². The maximum absolute atomic E-state index is 6.26. The molecule has 0 aliphatic rings. The van der Waals surface area contributed by atoms with E-state index in [0.717, 1.165) is 160 Å². The van der Waals surface area contributed by atoms with Crippen LogP contribution in [-0.2, 0) is 0 Å².